The Morgan fingerprint density at radius 1 is 1.58 bits per heavy atom. The van der Waals surface area contributed by atoms with E-state index in [1.807, 2.05) is 6.21 Å². The van der Waals surface area contributed by atoms with Crippen LogP contribution in [-0.2, 0) is 0 Å². The van der Waals surface area contributed by atoms with Crippen molar-refractivity contribution in [3.63, 3.8) is 0 Å². The number of nitrogens with zero attached hydrogens (tertiary/aromatic N) is 1. The Bertz CT molecular complexity index is 235. The molecule has 0 aromatic carbocycles. The van der Waals surface area contributed by atoms with Gasteiger partial charge in [0.1, 0.15) is 0 Å². The van der Waals surface area contributed by atoms with Gasteiger partial charge in [-0.15, -0.1) is 0 Å². The van der Waals surface area contributed by atoms with E-state index in [1.165, 1.54) is 11.3 Å². The first-order valence-electron chi connectivity index (χ1n) is 4.51. The molecule has 0 aromatic rings. The normalized spacial score (nSPS) is 28.6. The van der Waals surface area contributed by atoms with E-state index in [1.54, 1.807) is 0 Å². The number of aliphatic imine (C=N–C) groups is 1. The molecule has 64 valence electrons. The molecule has 0 spiro atoms. The molecule has 0 saturated heterocycles. The molecule has 12 heavy (non-hydrogen) atoms. The van der Waals surface area contributed by atoms with Crippen molar-refractivity contribution < 1.29 is 0 Å². The molecular weight excluding hydrogens is 148 g/mol. The monoisotopic (exact) mass is 162 g/mol. The Kier molecular flexibility index (Phi) is 2.09. The molecule has 0 radical (unpaired) electrons. The van der Waals surface area contributed by atoms with Crippen LogP contribution < -0.4 is 5.32 Å². The van der Waals surface area contributed by atoms with Crippen LogP contribution >= 0.6 is 0 Å². The van der Waals surface area contributed by atoms with E-state index in [0.29, 0.717) is 5.92 Å². The minimum Gasteiger partial charge on any atom is -0.311 e. The maximum absolute atomic E-state index is 4.46. The second-order valence-corrected chi connectivity index (χ2v) is 3.40. The fourth-order valence-corrected chi connectivity index (χ4v) is 1.52. The van der Waals surface area contributed by atoms with E-state index in [0.717, 1.165) is 19.5 Å². The number of nitrogens with one attached hydrogen (secondary N) is 1. The molecular formula is C10H14N2. The molecule has 2 rings (SSSR count). The van der Waals surface area contributed by atoms with Gasteiger partial charge in [0.2, 0.25) is 0 Å². The summed E-state index contributed by atoms with van der Waals surface area (Å²) in [4.78, 5) is 4.46. The molecule has 0 fully saturated rings. The SMILES string of the molecule is CC1C=CC2=C(CNCC2)N=C1. The largest absolute Gasteiger partial charge is 0.311 e. The molecule has 0 aromatic heterocycles. The Morgan fingerprint density at radius 2 is 2.50 bits per heavy atom. The fraction of sp³-hybridized carbons (Fsp3) is 0.500. The minimum absolute atomic E-state index is 0.482. The van der Waals surface area contributed by atoms with Crippen molar-refractivity contribution in [2.45, 2.75) is 13.3 Å². The number of hydrogen-bond donors (Lipinski definition) is 1. The lowest BCUT2D eigenvalue weighted by atomic mass is 10.1. The van der Waals surface area contributed by atoms with Crippen LogP contribution in [0.2, 0.25) is 0 Å². The zero-order valence-electron chi connectivity index (χ0n) is 7.38. The predicted molar refractivity (Wildman–Crippen MR) is 51.3 cm³/mol. The van der Waals surface area contributed by atoms with Crippen LogP contribution in [0.1, 0.15) is 13.3 Å². The van der Waals surface area contributed by atoms with Crippen LogP contribution in [0.3, 0.4) is 0 Å². The lowest BCUT2D eigenvalue weighted by molar-refractivity contribution is 0.682. The first kappa shape index (κ1) is 7.74. The summed E-state index contributed by atoms with van der Waals surface area (Å²) in [6.07, 6.45) is 7.59. The standard InChI is InChI=1S/C10H14N2/c1-8-2-3-9-4-5-11-7-10(9)12-6-8/h2-3,6,8,11H,4-5,7H2,1H3. The highest BCUT2D eigenvalue weighted by Gasteiger charge is 2.10. The maximum atomic E-state index is 4.46. The summed E-state index contributed by atoms with van der Waals surface area (Å²) in [5.74, 6) is 0.482. The Balaban J connectivity index is 2.29. The van der Waals surface area contributed by atoms with Gasteiger partial charge in [-0.1, -0.05) is 19.1 Å². The first-order valence-corrected chi connectivity index (χ1v) is 4.51. The van der Waals surface area contributed by atoms with Crippen LogP contribution in [0.4, 0.5) is 0 Å². The molecule has 2 heterocycles. The molecule has 0 saturated carbocycles. The summed E-state index contributed by atoms with van der Waals surface area (Å²) >= 11 is 0. The van der Waals surface area contributed by atoms with Crippen molar-refractivity contribution >= 4 is 6.21 Å². The number of hydrogen-bond acceptors (Lipinski definition) is 2. The van der Waals surface area contributed by atoms with Gasteiger partial charge < -0.3 is 5.32 Å². The van der Waals surface area contributed by atoms with E-state index >= 15 is 0 Å². The Labute approximate surface area is 73.1 Å². The maximum Gasteiger partial charge on any atom is 0.0570 e. The van der Waals surface area contributed by atoms with Crippen molar-refractivity contribution in [3.8, 4) is 0 Å². The van der Waals surface area contributed by atoms with E-state index in [4.69, 9.17) is 0 Å². The van der Waals surface area contributed by atoms with Gasteiger partial charge >= 0.3 is 0 Å². The van der Waals surface area contributed by atoms with Gasteiger partial charge in [0.25, 0.3) is 0 Å². The first-order chi connectivity index (χ1) is 5.86. The highest BCUT2D eigenvalue weighted by molar-refractivity contribution is 5.66. The van der Waals surface area contributed by atoms with E-state index < -0.39 is 0 Å². The van der Waals surface area contributed by atoms with Crippen molar-refractivity contribution in [2.24, 2.45) is 10.9 Å². The number of allylic oxidation sites excluding steroid dienone is 2. The topological polar surface area (TPSA) is 24.4 Å². The van der Waals surface area contributed by atoms with Gasteiger partial charge in [-0.3, -0.25) is 4.99 Å². The lowest BCUT2D eigenvalue weighted by Crippen LogP contribution is -2.23. The van der Waals surface area contributed by atoms with Crippen LogP contribution in [0.25, 0.3) is 0 Å². The van der Waals surface area contributed by atoms with Crippen molar-refractivity contribution in [2.75, 3.05) is 13.1 Å². The van der Waals surface area contributed by atoms with Gasteiger partial charge in [-0.05, 0) is 18.5 Å². The molecule has 2 aliphatic rings. The molecule has 0 amide bonds. The van der Waals surface area contributed by atoms with E-state index in [2.05, 4.69) is 29.4 Å². The minimum atomic E-state index is 0.482. The van der Waals surface area contributed by atoms with Crippen LogP contribution in [0.5, 0.6) is 0 Å². The van der Waals surface area contributed by atoms with Crippen molar-refractivity contribution in [3.05, 3.63) is 23.4 Å². The van der Waals surface area contributed by atoms with E-state index in [9.17, 15) is 0 Å². The van der Waals surface area contributed by atoms with Gasteiger partial charge in [0.05, 0.1) is 5.70 Å². The molecule has 1 atom stereocenters. The molecule has 1 N–H and O–H groups in total. The summed E-state index contributed by atoms with van der Waals surface area (Å²) in [6, 6.07) is 0. The van der Waals surface area contributed by atoms with Gasteiger partial charge in [-0.25, -0.2) is 0 Å². The molecule has 2 heteroatoms. The summed E-state index contributed by atoms with van der Waals surface area (Å²) in [5.41, 5.74) is 2.64. The zero-order valence-corrected chi connectivity index (χ0v) is 7.38. The van der Waals surface area contributed by atoms with Gasteiger partial charge in [0, 0.05) is 18.7 Å². The van der Waals surface area contributed by atoms with Crippen LogP contribution in [0.15, 0.2) is 28.4 Å². The lowest BCUT2D eigenvalue weighted by Gasteiger charge is -2.14. The van der Waals surface area contributed by atoms with Crippen LogP contribution in [-0.4, -0.2) is 19.3 Å². The second-order valence-electron chi connectivity index (χ2n) is 3.40. The summed E-state index contributed by atoms with van der Waals surface area (Å²) in [7, 11) is 0. The quantitative estimate of drug-likeness (QED) is 0.573. The average Bonchev–Trinajstić information content (AvgIpc) is 2.29. The van der Waals surface area contributed by atoms with Crippen molar-refractivity contribution in [1.82, 2.24) is 5.32 Å². The third-order valence-corrected chi connectivity index (χ3v) is 2.30. The van der Waals surface area contributed by atoms with Gasteiger partial charge in [-0.2, -0.15) is 0 Å². The Hall–Kier alpha value is -0.890. The third kappa shape index (κ3) is 1.48. The van der Waals surface area contributed by atoms with Crippen LogP contribution in [0, 0.1) is 5.92 Å². The fourth-order valence-electron chi connectivity index (χ4n) is 1.52. The van der Waals surface area contributed by atoms with Crippen molar-refractivity contribution in [1.29, 1.82) is 0 Å². The third-order valence-electron chi connectivity index (χ3n) is 2.30. The molecule has 0 aliphatic carbocycles. The molecule has 2 nitrogen and oxygen atoms in total. The average molecular weight is 162 g/mol. The highest BCUT2D eigenvalue weighted by atomic mass is 14.9. The Morgan fingerprint density at radius 3 is 3.42 bits per heavy atom. The predicted octanol–water partition coefficient (Wildman–Crippen LogP) is 1.51. The van der Waals surface area contributed by atoms with E-state index in [-0.39, 0.29) is 0 Å². The molecule has 1 unspecified atom stereocenters. The molecule has 2 aliphatic heterocycles. The highest BCUT2D eigenvalue weighted by Crippen LogP contribution is 2.18. The number of rotatable bonds is 0. The summed E-state index contributed by atoms with van der Waals surface area (Å²) in [5, 5.41) is 3.32. The summed E-state index contributed by atoms with van der Waals surface area (Å²) in [6.45, 7) is 4.18. The smallest absolute Gasteiger partial charge is 0.0570 e. The molecule has 0 bridgehead atoms. The van der Waals surface area contributed by atoms with Gasteiger partial charge in [0.15, 0.2) is 0 Å². The summed E-state index contributed by atoms with van der Waals surface area (Å²) < 4.78 is 0. The second kappa shape index (κ2) is 3.23. The zero-order chi connectivity index (χ0) is 8.39.